The molecule has 0 amide bonds. The van der Waals surface area contributed by atoms with Crippen LogP contribution < -0.4 is 5.56 Å². The Labute approximate surface area is 83.7 Å². The van der Waals surface area contributed by atoms with Gasteiger partial charge in [0.25, 0.3) is 0 Å². The molecule has 2 aromatic heterocycles. The van der Waals surface area contributed by atoms with Crippen LogP contribution in [0, 0.1) is 0 Å². The molecular weight excluding hydrogens is 206 g/mol. The summed E-state index contributed by atoms with van der Waals surface area (Å²) in [4.78, 5) is 13.3. The maximum Gasteiger partial charge on any atom is 0.249 e. The van der Waals surface area contributed by atoms with Crippen LogP contribution in [0.5, 0.6) is 0 Å². The Balaban J connectivity index is 2.39. The summed E-state index contributed by atoms with van der Waals surface area (Å²) in [7, 11) is 0. The fraction of sp³-hybridized carbons (Fsp3) is 0.125. The van der Waals surface area contributed by atoms with Crippen molar-refractivity contribution in [3.05, 3.63) is 34.6 Å². The van der Waals surface area contributed by atoms with Crippen molar-refractivity contribution < 1.29 is 4.42 Å². The first-order valence-electron chi connectivity index (χ1n) is 3.87. The highest BCUT2D eigenvalue weighted by Gasteiger charge is 2.06. The van der Waals surface area contributed by atoms with Crippen molar-refractivity contribution in [3.8, 4) is 11.5 Å². The molecule has 0 spiro atoms. The summed E-state index contributed by atoms with van der Waals surface area (Å²) in [5.74, 6) is 0.876. The Kier molecular flexibility index (Phi) is 2.32. The summed E-state index contributed by atoms with van der Waals surface area (Å²) in [5.41, 5.74) is 0.485. The molecule has 2 rings (SSSR count). The monoisotopic (exact) mass is 211 g/mol. The Morgan fingerprint density at radius 3 is 2.86 bits per heavy atom. The third-order valence-corrected chi connectivity index (χ3v) is 1.84. The lowest BCUT2D eigenvalue weighted by atomic mass is 10.3. The molecule has 5 nitrogen and oxygen atoms in total. The number of hydrogen-bond donors (Lipinski definition) is 1. The zero-order valence-corrected chi connectivity index (χ0v) is 7.78. The molecule has 0 atom stereocenters. The average Bonchev–Trinajstić information content (AvgIpc) is 2.67. The van der Waals surface area contributed by atoms with E-state index in [1.165, 1.54) is 12.3 Å². The second-order valence-corrected chi connectivity index (χ2v) is 2.84. The van der Waals surface area contributed by atoms with Crippen LogP contribution in [-0.4, -0.2) is 15.2 Å². The summed E-state index contributed by atoms with van der Waals surface area (Å²) in [5, 5.41) is 7.46. The molecular formula is C8H6ClN3O2. The quantitative estimate of drug-likeness (QED) is 0.757. The number of nitrogens with zero attached hydrogens (tertiary/aromatic N) is 2. The van der Waals surface area contributed by atoms with Gasteiger partial charge >= 0.3 is 0 Å². The Morgan fingerprint density at radius 2 is 2.29 bits per heavy atom. The molecule has 0 aromatic carbocycles. The largest absolute Gasteiger partial charge is 0.419 e. The molecule has 0 saturated carbocycles. The Morgan fingerprint density at radius 1 is 1.43 bits per heavy atom. The van der Waals surface area contributed by atoms with Crippen LogP contribution in [0.25, 0.3) is 11.5 Å². The summed E-state index contributed by atoms with van der Waals surface area (Å²) in [6.07, 6.45) is 1.51. The van der Waals surface area contributed by atoms with E-state index in [2.05, 4.69) is 15.2 Å². The van der Waals surface area contributed by atoms with Gasteiger partial charge in [-0.2, -0.15) is 0 Å². The summed E-state index contributed by atoms with van der Waals surface area (Å²) >= 11 is 5.50. The lowest BCUT2D eigenvalue weighted by molar-refractivity contribution is 0.527. The lowest BCUT2D eigenvalue weighted by Crippen LogP contribution is -2.01. The molecule has 0 unspecified atom stereocenters. The molecule has 0 fully saturated rings. The van der Waals surface area contributed by atoms with E-state index in [9.17, 15) is 4.79 Å². The minimum absolute atomic E-state index is 0.175. The number of hydrogen-bond acceptors (Lipinski definition) is 4. The van der Waals surface area contributed by atoms with Crippen LogP contribution in [0.15, 0.2) is 27.5 Å². The zero-order valence-electron chi connectivity index (χ0n) is 7.03. The first-order chi connectivity index (χ1) is 6.79. The first kappa shape index (κ1) is 8.96. The van der Waals surface area contributed by atoms with Crippen molar-refractivity contribution >= 4 is 11.6 Å². The maximum absolute atomic E-state index is 10.8. The van der Waals surface area contributed by atoms with Gasteiger partial charge in [0.1, 0.15) is 5.88 Å². The normalized spacial score (nSPS) is 10.4. The van der Waals surface area contributed by atoms with E-state index in [1.807, 2.05) is 0 Å². The number of aromatic amines is 1. The number of nitrogens with one attached hydrogen (secondary N) is 1. The van der Waals surface area contributed by atoms with E-state index in [0.717, 1.165) is 0 Å². The van der Waals surface area contributed by atoms with Gasteiger partial charge in [-0.25, -0.2) is 0 Å². The molecule has 2 aromatic rings. The Bertz CT molecular complexity index is 471. The van der Waals surface area contributed by atoms with Crippen LogP contribution in [-0.2, 0) is 5.88 Å². The van der Waals surface area contributed by atoms with Gasteiger partial charge in [-0.3, -0.25) is 4.79 Å². The number of pyridine rings is 1. The van der Waals surface area contributed by atoms with E-state index >= 15 is 0 Å². The second kappa shape index (κ2) is 3.63. The number of rotatable bonds is 2. The van der Waals surface area contributed by atoms with Crippen LogP contribution in [0.3, 0.4) is 0 Å². The van der Waals surface area contributed by atoms with Crippen molar-refractivity contribution in [2.24, 2.45) is 0 Å². The van der Waals surface area contributed by atoms with Gasteiger partial charge in [0, 0.05) is 12.3 Å². The molecule has 0 aliphatic heterocycles. The fourth-order valence-electron chi connectivity index (χ4n) is 0.968. The van der Waals surface area contributed by atoms with Crippen LogP contribution >= 0.6 is 11.6 Å². The van der Waals surface area contributed by atoms with Gasteiger partial charge in [-0.15, -0.1) is 21.8 Å². The molecule has 0 saturated heterocycles. The second-order valence-electron chi connectivity index (χ2n) is 2.58. The smallest absolute Gasteiger partial charge is 0.249 e. The van der Waals surface area contributed by atoms with Gasteiger partial charge in [0.15, 0.2) is 0 Å². The summed E-state index contributed by atoms with van der Waals surface area (Å²) in [6, 6.07) is 2.99. The van der Waals surface area contributed by atoms with Crippen molar-refractivity contribution in [2.45, 2.75) is 5.88 Å². The molecule has 6 heteroatoms. The molecule has 0 aliphatic rings. The average molecular weight is 212 g/mol. The molecule has 72 valence electrons. The highest BCUT2D eigenvalue weighted by Crippen LogP contribution is 2.15. The minimum atomic E-state index is -0.175. The molecule has 2 heterocycles. The third-order valence-electron chi connectivity index (χ3n) is 1.61. The molecule has 0 aliphatic carbocycles. The molecule has 0 bridgehead atoms. The van der Waals surface area contributed by atoms with E-state index in [1.54, 1.807) is 6.07 Å². The van der Waals surface area contributed by atoms with Crippen molar-refractivity contribution in [1.29, 1.82) is 0 Å². The third kappa shape index (κ3) is 1.67. The van der Waals surface area contributed by atoms with Gasteiger partial charge in [-0.05, 0) is 6.07 Å². The lowest BCUT2D eigenvalue weighted by Gasteiger charge is -1.91. The highest BCUT2D eigenvalue weighted by atomic mass is 35.5. The number of halogens is 1. The topological polar surface area (TPSA) is 71.8 Å². The van der Waals surface area contributed by atoms with E-state index < -0.39 is 0 Å². The van der Waals surface area contributed by atoms with Crippen molar-refractivity contribution in [2.75, 3.05) is 0 Å². The van der Waals surface area contributed by atoms with Gasteiger partial charge in [-0.1, -0.05) is 0 Å². The van der Waals surface area contributed by atoms with Crippen molar-refractivity contribution in [1.82, 2.24) is 15.2 Å². The fourth-order valence-corrected chi connectivity index (χ4v) is 1.08. The van der Waals surface area contributed by atoms with Gasteiger partial charge in [0.05, 0.1) is 5.56 Å². The molecule has 14 heavy (non-hydrogen) atoms. The van der Waals surface area contributed by atoms with E-state index in [4.69, 9.17) is 16.0 Å². The van der Waals surface area contributed by atoms with Crippen molar-refractivity contribution in [3.63, 3.8) is 0 Å². The number of H-pyrrole nitrogens is 1. The first-order valence-corrected chi connectivity index (χ1v) is 4.40. The van der Waals surface area contributed by atoms with Crippen LogP contribution in [0.2, 0.25) is 0 Å². The molecule has 1 N–H and O–H groups in total. The van der Waals surface area contributed by atoms with Gasteiger partial charge in [0.2, 0.25) is 17.3 Å². The van der Waals surface area contributed by atoms with Crippen LogP contribution in [0.4, 0.5) is 0 Å². The predicted octanol–water partition coefficient (Wildman–Crippen LogP) is 1.16. The maximum atomic E-state index is 10.8. The minimum Gasteiger partial charge on any atom is -0.419 e. The zero-order chi connectivity index (χ0) is 9.97. The highest BCUT2D eigenvalue weighted by molar-refractivity contribution is 6.16. The standard InChI is InChI=1S/C8H6ClN3O2/c9-3-7-11-12-8(14-7)5-1-2-6(13)10-4-5/h1-2,4H,3H2,(H,10,13). The Hall–Kier alpha value is -1.62. The van der Waals surface area contributed by atoms with E-state index in [0.29, 0.717) is 17.3 Å². The SMILES string of the molecule is O=c1ccc(-c2nnc(CCl)o2)c[nH]1. The predicted molar refractivity (Wildman–Crippen MR) is 49.9 cm³/mol. The van der Waals surface area contributed by atoms with Crippen LogP contribution in [0.1, 0.15) is 5.89 Å². The van der Waals surface area contributed by atoms with E-state index in [-0.39, 0.29) is 11.4 Å². The van der Waals surface area contributed by atoms with Gasteiger partial charge < -0.3 is 9.40 Å². The number of alkyl halides is 1. The summed E-state index contributed by atoms with van der Waals surface area (Å²) in [6.45, 7) is 0. The summed E-state index contributed by atoms with van der Waals surface area (Å²) < 4.78 is 5.18. The number of aromatic nitrogens is 3. The molecule has 0 radical (unpaired) electrons.